The number of nitrogens with zero attached hydrogens (tertiary/aromatic N) is 3. The summed E-state index contributed by atoms with van der Waals surface area (Å²) in [6.45, 7) is 3.68. The molecule has 4 rings (SSSR count). The third-order valence-electron chi connectivity index (χ3n) is 4.76. The maximum Gasteiger partial charge on any atom is 0.387 e. The van der Waals surface area contributed by atoms with Gasteiger partial charge in [0.1, 0.15) is 11.5 Å². The minimum Gasteiger partial charge on any atom is -0.471 e. The molecule has 4 aromatic rings. The molecule has 33 heavy (non-hydrogen) atoms. The number of nitrogens with one attached hydrogen (secondary N) is 1. The van der Waals surface area contributed by atoms with Gasteiger partial charge < -0.3 is 9.47 Å². The SMILES string of the molecule is CC(C)(C)c1ccc(OCn2ccc(C(=O)Nc3nc4ccc(OC(F)F)cc4s3)n2)cc1. The smallest absolute Gasteiger partial charge is 0.387 e. The van der Waals surface area contributed by atoms with Crippen LogP contribution in [0, 0.1) is 0 Å². The molecule has 0 bridgehead atoms. The Morgan fingerprint density at radius 2 is 1.85 bits per heavy atom. The first kappa shape index (κ1) is 22.7. The van der Waals surface area contributed by atoms with Crippen LogP contribution in [0.15, 0.2) is 54.7 Å². The number of alkyl halides is 2. The van der Waals surface area contributed by atoms with Gasteiger partial charge in [0.25, 0.3) is 5.91 Å². The van der Waals surface area contributed by atoms with Gasteiger partial charge in [0.15, 0.2) is 17.6 Å². The summed E-state index contributed by atoms with van der Waals surface area (Å²) in [5.41, 5.74) is 2.03. The fourth-order valence-corrected chi connectivity index (χ4v) is 3.93. The summed E-state index contributed by atoms with van der Waals surface area (Å²) in [6.07, 6.45) is 1.64. The highest BCUT2D eigenvalue weighted by Gasteiger charge is 2.15. The Hall–Kier alpha value is -3.53. The first-order chi connectivity index (χ1) is 15.7. The van der Waals surface area contributed by atoms with Gasteiger partial charge in [-0.2, -0.15) is 13.9 Å². The van der Waals surface area contributed by atoms with E-state index in [1.165, 1.54) is 22.4 Å². The molecule has 0 saturated heterocycles. The molecular formula is C23H22F2N4O3S. The third-order valence-corrected chi connectivity index (χ3v) is 5.70. The van der Waals surface area contributed by atoms with Crippen molar-refractivity contribution in [1.82, 2.24) is 14.8 Å². The first-order valence-corrected chi connectivity index (χ1v) is 10.9. The van der Waals surface area contributed by atoms with Gasteiger partial charge in [-0.1, -0.05) is 44.2 Å². The number of fused-ring (bicyclic) bond motifs is 1. The summed E-state index contributed by atoms with van der Waals surface area (Å²) in [4.78, 5) is 16.8. The van der Waals surface area contributed by atoms with E-state index < -0.39 is 12.5 Å². The van der Waals surface area contributed by atoms with Crippen LogP contribution >= 0.6 is 11.3 Å². The number of rotatable bonds is 7. The van der Waals surface area contributed by atoms with Crippen molar-refractivity contribution in [3.8, 4) is 11.5 Å². The molecule has 172 valence electrons. The summed E-state index contributed by atoms with van der Waals surface area (Å²) in [5.74, 6) is 0.298. The predicted octanol–water partition coefficient (Wildman–Crippen LogP) is 5.68. The average Bonchev–Trinajstić information content (AvgIpc) is 3.38. The third kappa shape index (κ3) is 5.64. The fourth-order valence-electron chi connectivity index (χ4n) is 3.04. The van der Waals surface area contributed by atoms with E-state index in [4.69, 9.17) is 4.74 Å². The van der Waals surface area contributed by atoms with E-state index in [2.05, 4.69) is 40.9 Å². The predicted molar refractivity (Wildman–Crippen MR) is 122 cm³/mol. The number of carbonyl (C=O) groups excluding carboxylic acids is 1. The van der Waals surface area contributed by atoms with Crippen LogP contribution in [0.5, 0.6) is 11.5 Å². The van der Waals surface area contributed by atoms with Crippen molar-refractivity contribution >= 4 is 32.6 Å². The Morgan fingerprint density at radius 3 is 2.55 bits per heavy atom. The Bertz CT molecular complexity index is 1260. The van der Waals surface area contributed by atoms with E-state index in [1.807, 2.05) is 24.3 Å². The molecule has 2 aromatic heterocycles. The van der Waals surface area contributed by atoms with Gasteiger partial charge in [-0.25, -0.2) is 9.67 Å². The molecule has 1 amide bonds. The lowest BCUT2D eigenvalue weighted by Gasteiger charge is -2.19. The number of aromatic nitrogens is 3. The molecule has 2 heterocycles. The summed E-state index contributed by atoms with van der Waals surface area (Å²) in [7, 11) is 0. The van der Waals surface area contributed by atoms with Crippen molar-refractivity contribution in [1.29, 1.82) is 0 Å². The normalized spacial score (nSPS) is 11.7. The summed E-state index contributed by atoms with van der Waals surface area (Å²) in [5, 5.41) is 7.24. The lowest BCUT2D eigenvalue weighted by molar-refractivity contribution is -0.0497. The molecule has 7 nitrogen and oxygen atoms in total. The first-order valence-electron chi connectivity index (χ1n) is 10.1. The van der Waals surface area contributed by atoms with Crippen molar-refractivity contribution in [2.24, 2.45) is 0 Å². The monoisotopic (exact) mass is 472 g/mol. The number of halogens is 2. The van der Waals surface area contributed by atoms with Crippen molar-refractivity contribution < 1.29 is 23.0 Å². The molecule has 0 fully saturated rings. The summed E-state index contributed by atoms with van der Waals surface area (Å²) in [6, 6.07) is 13.8. The topological polar surface area (TPSA) is 78.3 Å². The fraction of sp³-hybridized carbons (Fsp3) is 0.261. The zero-order chi connectivity index (χ0) is 23.6. The molecule has 0 saturated carbocycles. The minimum atomic E-state index is -2.91. The second-order valence-corrected chi connectivity index (χ2v) is 9.30. The van der Waals surface area contributed by atoms with Crippen molar-refractivity contribution in [3.05, 3.63) is 66.0 Å². The van der Waals surface area contributed by atoms with Crippen LogP contribution in [0.2, 0.25) is 0 Å². The van der Waals surface area contributed by atoms with Crippen LogP contribution in [0.3, 0.4) is 0 Å². The number of carbonyl (C=O) groups is 1. The molecule has 0 aliphatic carbocycles. The summed E-state index contributed by atoms with van der Waals surface area (Å²) < 4.78 is 37.0. The molecule has 0 aliphatic heterocycles. The number of hydrogen-bond donors (Lipinski definition) is 1. The van der Waals surface area contributed by atoms with Crippen LogP contribution in [-0.2, 0) is 12.1 Å². The quantitative estimate of drug-likeness (QED) is 0.374. The zero-order valence-electron chi connectivity index (χ0n) is 18.2. The van der Waals surface area contributed by atoms with Crippen LogP contribution in [0.4, 0.5) is 13.9 Å². The second-order valence-electron chi connectivity index (χ2n) is 8.27. The minimum absolute atomic E-state index is 0.0332. The van der Waals surface area contributed by atoms with Crippen LogP contribution in [0.1, 0.15) is 36.8 Å². The van der Waals surface area contributed by atoms with Gasteiger partial charge in [-0.15, -0.1) is 0 Å². The molecule has 0 unspecified atom stereocenters. The molecule has 2 aromatic carbocycles. The van der Waals surface area contributed by atoms with Gasteiger partial charge in [-0.3, -0.25) is 10.1 Å². The number of anilines is 1. The van der Waals surface area contributed by atoms with Crippen molar-refractivity contribution in [2.75, 3.05) is 5.32 Å². The number of hydrogen-bond acceptors (Lipinski definition) is 6. The largest absolute Gasteiger partial charge is 0.471 e. The molecular weight excluding hydrogens is 450 g/mol. The highest BCUT2D eigenvalue weighted by atomic mass is 32.1. The number of benzene rings is 2. The molecule has 0 spiro atoms. The number of amides is 1. The second kappa shape index (κ2) is 9.14. The van der Waals surface area contributed by atoms with E-state index in [-0.39, 0.29) is 23.6 Å². The van der Waals surface area contributed by atoms with Crippen molar-refractivity contribution in [3.63, 3.8) is 0 Å². The highest BCUT2D eigenvalue weighted by molar-refractivity contribution is 7.22. The van der Waals surface area contributed by atoms with E-state index in [0.717, 1.165) is 11.3 Å². The molecule has 0 aliphatic rings. The molecule has 0 radical (unpaired) electrons. The Morgan fingerprint density at radius 1 is 1.12 bits per heavy atom. The van der Waals surface area contributed by atoms with Gasteiger partial charge in [-0.05, 0) is 47.4 Å². The van der Waals surface area contributed by atoms with Crippen LogP contribution in [-0.4, -0.2) is 27.3 Å². The van der Waals surface area contributed by atoms with E-state index in [9.17, 15) is 13.6 Å². The highest BCUT2D eigenvalue weighted by Crippen LogP contribution is 2.30. The number of ether oxygens (including phenoxy) is 2. The maximum atomic E-state index is 12.5. The van der Waals surface area contributed by atoms with E-state index >= 15 is 0 Å². The van der Waals surface area contributed by atoms with Crippen LogP contribution < -0.4 is 14.8 Å². The lowest BCUT2D eigenvalue weighted by Crippen LogP contribution is -2.14. The van der Waals surface area contributed by atoms with Crippen molar-refractivity contribution in [2.45, 2.75) is 39.5 Å². The average molecular weight is 473 g/mol. The Labute approximate surface area is 193 Å². The molecule has 10 heteroatoms. The maximum absolute atomic E-state index is 12.5. The van der Waals surface area contributed by atoms with E-state index in [0.29, 0.717) is 21.1 Å². The molecule has 0 atom stereocenters. The van der Waals surface area contributed by atoms with E-state index in [1.54, 1.807) is 18.3 Å². The summed E-state index contributed by atoms with van der Waals surface area (Å²) >= 11 is 1.15. The standard InChI is InChI=1S/C23H22F2N4O3S/c1-23(2,3)14-4-6-15(7-5-14)31-13-29-11-10-18(28-29)20(30)27-22-26-17-9-8-16(32-21(24)25)12-19(17)33-22/h4-12,21H,13H2,1-3H3,(H,26,27,30). The van der Waals surface area contributed by atoms with Crippen LogP contribution in [0.25, 0.3) is 10.2 Å². The van der Waals surface area contributed by atoms with Gasteiger partial charge in [0.2, 0.25) is 0 Å². The zero-order valence-corrected chi connectivity index (χ0v) is 19.0. The van der Waals surface area contributed by atoms with Gasteiger partial charge in [0, 0.05) is 6.20 Å². The van der Waals surface area contributed by atoms with Gasteiger partial charge in [0.05, 0.1) is 10.2 Å². The van der Waals surface area contributed by atoms with Gasteiger partial charge >= 0.3 is 6.61 Å². The Kier molecular flexibility index (Phi) is 6.28. The lowest BCUT2D eigenvalue weighted by atomic mass is 9.87. The molecule has 1 N–H and O–H groups in total. The Balaban J connectivity index is 1.36. The number of thiazole rings is 1.